The molecule has 0 aromatic heterocycles. The van der Waals surface area contributed by atoms with Gasteiger partial charge in [-0.1, -0.05) is 13.0 Å². The smallest absolute Gasteiger partial charge is 0.272 e. The fourth-order valence-corrected chi connectivity index (χ4v) is 2.51. The van der Waals surface area contributed by atoms with Gasteiger partial charge in [-0.25, -0.2) is 0 Å². The third-order valence-electron chi connectivity index (χ3n) is 3.86. The lowest BCUT2D eigenvalue weighted by molar-refractivity contribution is -0.120. The van der Waals surface area contributed by atoms with Crippen LogP contribution in [0.15, 0.2) is 48.2 Å². The van der Waals surface area contributed by atoms with Crippen LogP contribution in [0.5, 0.6) is 17.2 Å². The van der Waals surface area contributed by atoms with Gasteiger partial charge in [-0.2, -0.15) is 0 Å². The number of anilines is 1. The van der Waals surface area contributed by atoms with E-state index in [1.54, 1.807) is 55.7 Å². The largest absolute Gasteiger partial charge is 0.494 e. The first-order valence-electron chi connectivity index (χ1n) is 9.22. The van der Waals surface area contributed by atoms with Crippen molar-refractivity contribution in [2.45, 2.75) is 20.3 Å². The Labute approximate surface area is 170 Å². The van der Waals surface area contributed by atoms with Crippen LogP contribution in [0, 0.1) is 0 Å². The van der Waals surface area contributed by atoms with Crippen LogP contribution < -0.4 is 24.8 Å². The van der Waals surface area contributed by atoms with Gasteiger partial charge in [0.25, 0.3) is 5.91 Å². The average Bonchev–Trinajstić information content (AvgIpc) is 2.72. The van der Waals surface area contributed by atoms with Crippen LogP contribution in [0.3, 0.4) is 0 Å². The minimum absolute atomic E-state index is 0.107. The first kappa shape index (κ1) is 21.8. The zero-order valence-electron chi connectivity index (χ0n) is 17.1. The maximum absolute atomic E-state index is 12.7. The number of amides is 2. The van der Waals surface area contributed by atoms with E-state index in [1.807, 2.05) is 6.92 Å². The lowest BCUT2D eigenvalue weighted by Crippen LogP contribution is -2.28. The molecule has 0 atom stereocenters. The summed E-state index contributed by atoms with van der Waals surface area (Å²) in [5.74, 6) is 1.02. The fraction of sp³-hybridized carbons (Fsp3) is 0.273. The van der Waals surface area contributed by atoms with Gasteiger partial charge in [0, 0.05) is 12.6 Å². The topological polar surface area (TPSA) is 85.9 Å². The second kappa shape index (κ2) is 10.8. The van der Waals surface area contributed by atoms with Gasteiger partial charge in [0.15, 0.2) is 11.5 Å². The molecule has 0 aliphatic rings. The highest BCUT2D eigenvalue weighted by atomic mass is 16.5. The van der Waals surface area contributed by atoms with Gasteiger partial charge >= 0.3 is 0 Å². The second-order valence-electron chi connectivity index (χ2n) is 6.18. The molecule has 0 fully saturated rings. The highest BCUT2D eigenvalue weighted by molar-refractivity contribution is 6.08. The van der Waals surface area contributed by atoms with E-state index in [1.165, 1.54) is 14.0 Å². The molecular weight excluding hydrogens is 372 g/mol. The number of hydrogen-bond donors (Lipinski definition) is 2. The Morgan fingerprint density at radius 3 is 2.28 bits per heavy atom. The van der Waals surface area contributed by atoms with E-state index in [0.717, 1.165) is 12.2 Å². The fourth-order valence-electron chi connectivity index (χ4n) is 2.51. The molecule has 0 radical (unpaired) electrons. The van der Waals surface area contributed by atoms with Crippen molar-refractivity contribution >= 4 is 23.6 Å². The summed E-state index contributed by atoms with van der Waals surface area (Å²) in [6, 6.07) is 12.2. The SMILES string of the molecule is CCCOc1ccc(NC(=O)C(=Cc2ccc(OC)c(OC)c2)NC(C)=O)cc1. The lowest BCUT2D eigenvalue weighted by Gasteiger charge is -2.12. The summed E-state index contributed by atoms with van der Waals surface area (Å²) in [7, 11) is 3.07. The molecule has 0 spiro atoms. The average molecular weight is 398 g/mol. The Hall–Kier alpha value is -3.48. The Morgan fingerprint density at radius 2 is 1.69 bits per heavy atom. The van der Waals surface area contributed by atoms with Crippen LogP contribution in [0.25, 0.3) is 6.08 Å². The van der Waals surface area contributed by atoms with Crippen molar-refractivity contribution in [3.05, 3.63) is 53.7 Å². The van der Waals surface area contributed by atoms with E-state index in [2.05, 4.69) is 10.6 Å². The van der Waals surface area contributed by atoms with Crippen LogP contribution in [0.1, 0.15) is 25.8 Å². The molecular formula is C22H26N2O5. The standard InChI is InChI=1S/C22H26N2O5/c1-5-12-29-18-9-7-17(8-10-18)24-22(26)19(23-15(2)25)13-16-6-11-20(27-3)21(14-16)28-4/h6-11,13-14H,5,12H2,1-4H3,(H,23,25)(H,24,26). The molecule has 0 unspecified atom stereocenters. The summed E-state index contributed by atoms with van der Waals surface area (Å²) >= 11 is 0. The van der Waals surface area contributed by atoms with E-state index in [4.69, 9.17) is 14.2 Å². The van der Waals surface area contributed by atoms with Crippen molar-refractivity contribution in [3.8, 4) is 17.2 Å². The highest BCUT2D eigenvalue weighted by Crippen LogP contribution is 2.28. The maximum atomic E-state index is 12.7. The number of benzene rings is 2. The molecule has 2 rings (SSSR count). The van der Waals surface area contributed by atoms with Crippen molar-refractivity contribution in [2.75, 3.05) is 26.1 Å². The molecule has 2 amide bonds. The van der Waals surface area contributed by atoms with E-state index < -0.39 is 5.91 Å². The van der Waals surface area contributed by atoms with Gasteiger partial charge in [-0.05, 0) is 54.5 Å². The molecule has 0 saturated carbocycles. The Balaban J connectivity index is 2.21. The lowest BCUT2D eigenvalue weighted by atomic mass is 10.1. The molecule has 7 heteroatoms. The summed E-state index contributed by atoms with van der Waals surface area (Å²) in [4.78, 5) is 24.3. The predicted molar refractivity (Wildman–Crippen MR) is 112 cm³/mol. The van der Waals surface area contributed by atoms with Gasteiger partial charge < -0.3 is 24.8 Å². The minimum Gasteiger partial charge on any atom is -0.494 e. The van der Waals surface area contributed by atoms with E-state index in [-0.39, 0.29) is 11.6 Å². The number of carbonyl (C=O) groups is 2. The Bertz CT molecular complexity index is 875. The Morgan fingerprint density at radius 1 is 1.00 bits per heavy atom. The molecule has 2 N–H and O–H groups in total. The van der Waals surface area contributed by atoms with Gasteiger partial charge in [-0.3, -0.25) is 9.59 Å². The van der Waals surface area contributed by atoms with Gasteiger partial charge in [0.2, 0.25) is 5.91 Å². The summed E-state index contributed by atoms with van der Waals surface area (Å²) in [6.07, 6.45) is 2.48. The second-order valence-corrected chi connectivity index (χ2v) is 6.18. The van der Waals surface area contributed by atoms with Crippen LogP contribution in [-0.4, -0.2) is 32.6 Å². The van der Waals surface area contributed by atoms with Gasteiger partial charge in [-0.15, -0.1) is 0 Å². The normalized spacial score (nSPS) is 10.8. The highest BCUT2D eigenvalue weighted by Gasteiger charge is 2.13. The third-order valence-corrected chi connectivity index (χ3v) is 3.86. The van der Waals surface area contributed by atoms with Crippen molar-refractivity contribution in [1.29, 1.82) is 0 Å². The van der Waals surface area contributed by atoms with E-state index in [9.17, 15) is 9.59 Å². The molecule has 7 nitrogen and oxygen atoms in total. The van der Waals surface area contributed by atoms with Crippen molar-refractivity contribution in [2.24, 2.45) is 0 Å². The number of nitrogens with one attached hydrogen (secondary N) is 2. The number of methoxy groups -OCH3 is 2. The van der Waals surface area contributed by atoms with Crippen LogP contribution in [-0.2, 0) is 9.59 Å². The van der Waals surface area contributed by atoms with Gasteiger partial charge in [0.1, 0.15) is 11.4 Å². The predicted octanol–water partition coefficient (Wildman–Crippen LogP) is 3.61. The van der Waals surface area contributed by atoms with E-state index in [0.29, 0.717) is 29.4 Å². The summed E-state index contributed by atoms with van der Waals surface area (Å²) in [5.41, 5.74) is 1.36. The molecule has 2 aromatic rings. The third kappa shape index (κ3) is 6.57. The monoisotopic (exact) mass is 398 g/mol. The molecule has 0 bridgehead atoms. The molecule has 2 aromatic carbocycles. The van der Waals surface area contributed by atoms with Crippen molar-refractivity contribution in [3.63, 3.8) is 0 Å². The number of carbonyl (C=O) groups excluding carboxylic acids is 2. The molecule has 0 aliphatic carbocycles. The molecule has 29 heavy (non-hydrogen) atoms. The van der Waals surface area contributed by atoms with Crippen LogP contribution in [0.2, 0.25) is 0 Å². The minimum atomic E-state index is -0.447. The van der Waals surface area contributed by atoms with Crippen LogP contribution >= 0.6 is 0 Å². The maximum Gasteiger partial charge on any atom is 0.272 e. The Kier molecular flexibility index (Phi) is 8.09. The molecule has 0 saturated heterocycles. The first-order valence-corrected chi connectivity index (χ1v) is 9.22. The summed E-state index contributed by atoms with van der Waals surface area (Å²) < 4.78 is 16.0. The van der Waals surface area contributed by atoms with Crippen molar-refractivity contribution in [1.82, 2.24) is 5.32 Å². The van der Waals surface area contributed by atoms with E-state index >= 15 is 0 Å². The zero-order valence-corrected chi connectivity index (χ0v) is 17.1. The quantitative estimate of drug-likeness (QED) is 0.630. The van der Waals surface area contributed by atoms with Crippen molar-refractivity contribution < 1.29 is 23.8 Å². The first-order chi connectivity index (χ1) is 14.0. The molecule has 154 valence electrons. The number of rotatable bonds is 9. The summed E-state index contributed by atoms with van der Waals surface area (Å²) in [5, 5.41) is 5.34. The van der Waals surface area contributed by atoms with Gasteiger partial charge in [0.05, 0.1) is 20.8 Å². The zero-order chi connectivity index (χ0) is 21.2. The number of ether oxygens (including phenoxy) is 3. The van der Waals surface area contributed by atoms with Crippen LogP contribution in [0.4, 0.5) is 5.69 Å². The molecule has 0 heterocycles. The summed E-state index contributed by atoms with van der Waals surface area (Å²) in [6.45, 7) is 4.00. The molecule has 0 aliphatic heterocycles. The number of hydrogen-bond acceptors (Lipinski definition) is 5.